The van der Waals surface area contributed by atoms with Gasteiger partial charge in [0.25, 0.3) is 0 Å². The van der Waals surface area contributed by atoms with Gasteiger partial charge in [-0.15, -0.1) is 13.2 Å². The Labute approximate surface area is 191 Å². The van der Waals surface area contributed by atoms with E-state index in [0.717, 1.165) is 23.7 Å². The average Bonchev–Trinajstić information content (AvgIpc) is 2.79. The molecule has 4 unspecified atom stereocenters. The molecule has 0 nitrogen and oxygen atoms in total. The Morgan fingerprint density at radius 3 is 1.03 bits per heavy atom. The first-order chi connectivity index (χ1) is 14.3. The van der Waals surface area contributed by atoms with Crippen LogP contribution in [0.1, 0.15) is 143 Å². The zero-order valence-electron chi connectivity index (χ0n) is 21.5. The number of fused-ring (bicyclic) bond motifs is 2. The third-order valence-corrected chi connectivity index (χ3v) is 9.03. The average molecular weight is 417 g/mol. The smallest absolute Gasteiger partial charge is 0.0351 e. The SMILES string of the molecule is C1CCC1.C1CCC1.C=C.CC1(C)CCCC2CC3CC(C)(C)CCCC3CC2C1. The minimum Gasteiger partial charge on any atom is -0.106 e. The Kier molecular flexibility index (Phi) is 11.0. The van der Waals surface area contributed by atoms with Gasteiger partial charge in [-0.3, -0.25) is 0 Å². The molecule has 5 saturated carbocycles. The van der Waals surface area contributed by atoms with E-state index >= 15 is 0 Å². The third-order valence-electron chi connectivity index (χ3n) is 9.03. The van der Waals surface area contributed by atoms with Crippen molar-refractivity contribution in [3.8, 4) is 0 Å². The summed E-state index contributed by atoms with van der Waals surface area (Å²) in [6.07, 6.45) is 27.2. The predicted octanol–water partition coefficient (Wildman–Crippen LogP) is 10.4. The topological polar surface area (TPSA) is 0 Å². The highest BCUT2D eigenvalue weighted by Gasteiger charge is 2.43. The lowest BCUT2D eigenvalue weighted by atomic mass is 9.62. The van der Waals surface area contributed by atoms with E-state index in [0.29, 0.717) is 10.8 Å². The molecule has 0 heteroatoms. The van der Waals surface area contributed by atoms with E-state index in [2.05, 4.69) is 40.9 Å². The molecule has 0 radical (unpaired) electrons. The highest BCUT2D eigenvalue weighted by Crippen LogP contribution is 2.54. The molecule has 0 bridgehead atoms. The summed E-state index contributed by atoms with van der Waals surface area (Å²) >= 11 is 0. The largest absolute Gasteiger partial charge is 0.106 e. The second-order valence-electron chi connectivity index (χ2n) is 12.9. The molecule has 0 aromatic heterocycles. The van der Waals surface area contributed by atoms with Gasteiger partial charge in [0.1, 0.15) is 0 Å². The van der Waals surface area contributed by atoms with Crippen molar-refractivity contribution in [1.29, 1.82) is 0 Å². The Hall–Kier alpha value is -0.260. The van der Waals surface area contributed by atoms with E-state index in [-0.39, 0.29) is 0 Å². The van der Waals surface area contributed by atoms with Crippen molar-refractivity contribution >= 4 is 0 Å². The third kappa shape index (κ3) is 8.70. The minimum atomic E-state index is 0.621. The molecule has 5 rings (SSSR count). The fourth-order valence-electron chi connectivity index (χ4n) is 6.56. The summed E-state index contributed by atoms with van der Waals surface area (Å²) in [5, 5.41) is 0. The molecular formula is C30H56. The maximum Gasteiger partial charge on any atom is -0.0351 e. The maximum atomic E-state index is 3.00. The molecule has 5 aliphatic rings. The number of rotatable bonds is 0. The lowest BCUT2D eigenvalue weighted by Crippen LogP contribution is -2.33. The van der Waals surface area contributed by atoms with E-state index in [4.69, 9.17) is 0 Å². The molecule has 0 aromatic rings. The van der Waals surface area contributed by atoms with Gasteiger partial charge in [0.2, 0.25) is 0 Å². The van der Waals surface area contributed by atoms with Crippen LogP contribution in [0.4, 0.5) is 0 Å². The first kappa shape index (κ1) is 26.0. The summed E-state index contributed by atoms with van der Waals surface area (Å²) in [5.41, 5.74) is 1.24. The highest BCUT2D eigenvalue weighted by molar-refractivity contribution is 4.93. The quantitative estimate of drug-likeness (QED) is 0.344. The number of hydrogen-bond donors (Lipinski definition) is 0. The van der Waals surface area contributed by atoms with Crippen LogP contribution in [0.5, 0.6) is 0 Å². The first-order valence-corrected chi connectivity index (χ1v) is 13.8. The van der Waals surface area contributed by atoms with Crippen LogP contribution < -0.4 is 0 Å². The summed E-state index contributed by atoms with van der Waals surface area (Å²) in [6, 6.07) is 0. The Morgan fingerprint density at radius 2 is 0.767 bits per heavy atom. The van der Waals surface area contributed by atoms with Crippen LogP contribution in [0, 0.1) is 34.5 Å². The zero-order valence-corrected chi connectivity index (χ0v) is 21.5. The van der Waals surface area contributed by atoms with Crippen molar-refractivity contribution in [1.82, 2.24) is 0 Å². The van der Waals surface area contributed by atoms with Crippen LogP contribution in [0.15, 0.2) is 13.2 Å². The molecule has 0 saturated heterocycles. The molecule has 5 fully saturated rings. The van der Waals surface area contributed by atoms with Crippen molar-refractivity contribution in [2.24, 2.45) is 34.5 Å². The summed E-state index contributed by atoms with van der Waals surface area (Å²) in [6.45, 7) is 16.1. The van der Waals surface area contributed by atoms with Crippen molar-refractivity contribution in [2.75, 3.05) is 0 Å². The van der Waals surface area contributed by atoms with Crippen LogP contribution in [0.3, 0.4) is 0 Å². The molecule has 4 atom stereocenters. The molecular weight excluding hydrogens is 360 g/mol. The first-order valence-electron chi connectivity index (χ1n) is 13.8. The molecule has 0 spiro atoms. The van der Waals surface area contributed by atoms with Crippen LogP contribution in [-0.4, -0.2) is 0 Å². The lowest BCUT2D eigenvalue weighted by Gasteiger charge is -2.43. The standard InChI is InChI=1S/C20H36.2C4H8.C2H4/c1-19(2)9-5-7-15-12-18-14-20(3,4)10-6-8-16(18)11-17(15)13-19;2*1-2-4-3-1;1-2/h15-18H,5-14H2,1-4H3;2*1-4H2;1-2H2. The Bertz CT molecular complexity index is 401. The molecule has 5 aliphatic carbocycles. The molecule has 0 aromatic carbocycles. The van der Waals surface area contributed by atoms with E-state index < -0.39 is 0 Å². The fourth-order valence-corrected chi connectivity index (χ4v) is 6.56. The van der Waals surface area contributed by atoms with Crippen molar-refractivity contribution in [2.45, 2.75) is 143 Å². The van der Waals surface area contributed by atoms with Crippen LogP contribution in [0.25, 0.3) is 0 Å². The van der Waals surface area contributed by atoms with Crippen LogP contribution in [-0.2, 0) is 0 Å². The van der Waals surface area contributed by atoms with Crippen LogP contribution in [0.2, 0.25) is 0 Å². The predicted molar refractivity (Wildman–Crippen MR) is 136 cm³/mol. The van der Waals surface area contributed by atoms with E-state index in [9.17, 15) is 0 Å². The fraction of sp³-hybridized carbons (Fsp3) is 0.933. The monoisotopic (exact) mass is 416 g/mol. The molecule has 30 heavy (non-hydrogen) atoms. The van der Waals surface area contributed by atoms with Gasteiger partial charge in [0, 0.05) is 0 Å². The van der Waals surface area contributed by atoms with E-state index in [1.165, 1.54) is 103 Å². The zero-order chi connectivity index (χ0) is 22.0. The molecule has 0 amide bonds. The number of hydrogen-bond acceptors (Lipinski definition) is 0. The van der Waals surface area contributed by atoms with Crippen molar-refractivity contribution in [3.05, 3.63) is 13.2 Å². The minimum absolute atomic E-state index is 0.621. The van der Waals surface area contributed by atoms with E-state index in [1.54, 1.807) is 12.8 Å². The van der Waals surface area contributed by atoms with Crippen molar-refractivity contribution in [3.63, 3.8) is 0 Å². The van der Waals surface area contributed by atoms with E-state index in [1.807, 2.05) is 0 Å². The lowest BCUT2D eigenvalue weighted by molar-refractivity contribution is 0.0709. The van der Waals surface area contributed by atoms with Gasteiger partial charge in [-0.25, -0.2) is 0 Å². The van der Waals surface area contributed by atoms with Crippen molar-refractivity contribution < 1.29 is 0 Å². The summed E-state index contributed by atoms with van der Waals surface area (Å²) in [4.78, 5) is 0. The molecule has 0 aliphatic heterocycles. The van der Waals surface area contributed by atoms with Gasteiger partial charge in [0.15, 0.2) is 0 Å². The molecule has 176 valence electrons. The van der Waals surface area contributed by atoms with Gasteiger partial charge in [-0.1, -0.05) is 105 Å². The summed E-state index contributed by atoms with van der Waals surface area (Å²) in [7, 11) is 0. The summed E-state index contributed by atoms with van der Waals surface area (Å²) in [5.74, 6) is 4.28. The van der Waals surface area contributed by atoms with Gasteiger partial charge >= 0.3 is 0 Å². The van der Waals surface area contributed by atoms with Gasteiger partial charge in [0.05, 0.1) is 0 Å². The Morgan fingerprint density at radius 1 is 0.467 bits per heavy atom. The molecule has 0 N–H and O–H groups in total. The maximum absolute atomic E-state index is 3.00. The second-order valence-corrected chi connectivity index (χ2v) is 12.9. The highest BCUT2D eigenvalue weighted by atomic mass is 14.5. The van der Waals surface area contributed by atoms with Gasteiger partial charge in [-0.2, -0.15) is 0 Å². The van der Waals surface area contributed by atoms with Gasteiger partial charge in [-0.05, 0) is 73.0 Å². The normalized spacial score (nSPS) is 35.7. The molecule has 0 heterocycles. The summed E-state index contributed by atoms with van der Waals surface area (Å²) < 4.78 is 0. The van der Waals surface area contributed by atoms with Gasteiger partial charge < -0.3 is 0 Å². The second kappa shape index (κ2) is 12.7. The Balaban J connectivity index is 0.000000263. The van der Waals surface area contributed by atoms with Crippen LogP contribution >= 0.6 is 0 Å².